The van der Waals surface area contributed by atoms with Crippen LogP contribution in [-0.4, -0.2) is 87.7 Å². The summed E-state index contributed by atoms with van der Waals surface area (Å²) in [5, 5.41) is 3.27. The molecule has 2 saturated heterocycles. The maximum Gasteiger partial charge on any atom is 0.0104 e. The molecule has 0 aliphatic carbocycles. The molecule has 2 heterocycles. The molecule has 2 aliphatic rings. The highest BCUT2D eigenvalue weighted by atomic mass is 15.2. The molecule has 1 unspecified atom stereocenters. The Bertz CT molecular complexity index is 209. The first-order chi connectivity index (χ1) is 11.1. The molecule has 0 aromatic rings. The smallest absolute Gasteiger partial charge is 0.0104 e. The largest absolute Gasteiger partial charge is 0.314 e. The lowest BCUT2D eigenvalue weighted by Gasteiger charge is -2.24. The summed E-state index contributed by atoms with van der Waals surface area (Å²) >= 11 is 0. The van der Waals surface area contributed by atoms with Crippen molar-refractivity contribution in [2.75, 3.05) is 67.0 Å². The first-order valence-corrected chi connectivity index (χ1v) is 9.87. The van der Waals surface area contributed by atoms with Crippen molar-refractivity contribution >= 4 is 0 Å². The van der Waals surface area contributed by atoms with Gasteiger partial charge in [0.25, 0.3) is 0 Å². The van der Waals surface area contributed by atoms with Crippen LogP contribution < -0.4 is 5.32 Å². The summed E-state index contributed by atoms with van der Waals surface area (Å²) in [7, 11) is 6.45. The Morgan fingerprint density at radius 1 is 0.913 bits per heavy atom. The molecule has 0 bridgehead atoms. The van der Waals surface area contributed by atoms with Gasteiger partial charge in [-0.15, -0.1) is 0 Å². The van der Waals surface area contributed by atoms with E-state index < -0.39 is 0 Å². The Hall–Kier alpha value is -0.160. The second-order valence-corrected chi connectivity index (χ2v) is 6.24. The fraction of sp³-hybridized carbons (Fsp3) is 1.00. The minimum atomic E-state index is 0.787. The number of hydrogen-bond donors (Lipinski definition) is 1. The van der Waals surface area contributed by atoms with E-state index in [0.29, 0.717) is 0 Å². The van der Waals surface area contributed by atoms with Crippen molar-refractivity contribution in [1.29, 1.82) is 0 Å². The van der Waals surface area contributed by atoms with Crippen LogP contribution in [0.4, 0.5) is 0 Å². The third kappa shape index (κ3) is 15.1. The standard InChI is InChI=1S/C10H22N2.C5H12N2.2C2H6/c1-10(6-9-11(2)3)12-7-4-5-8-12;1-7-4-2-6-3-5-7;2*1-2/h10H,4-9H2,1-3H3;6H,2-5H2,1H3;2*1-2H3. The molecule has 1 atom stereocenters. The molecule has 2 rings (SSSR count). The molecule has 2 aliphatic heterocycles. The molecule has 0 saturated carbocycles. The number of nitrogens with one attached hydrogen (secondary N) is 1. The highest BCUT2D eigenvalue weighted by Gasteiger charge is 2.17. The average molecular weight is 331 g/mol. The van der Waals surface area contributed by atoms with Crippen molar-refractivity contribution in [2.24, 2.45) is 0 Å². The van der Waals surface area contributed by atoms with E-state index in [0.717, 1.165) is 19.1 Å². The van der Waals surface area contributed by atoms with Crippen LogP contribution in [0.2, 0.25) is 0 Å². The molecule has 0 amide bonds. The zero-order valence-corrected chi connectivity index (χ0v) is 17.5. The van der Waals surface area contributed by atoms with Crippen LogP contribution in [-0.2, 0) is 0 Å². The quantitative estimate of drug-likeness (QED) is 0.855. The summed E-state index contributed by atoms with van der Waals surface area (Å²) in [6.45, 7) is 19.0. The summed E-state index contributed by atoms with van der Waals surface area (Å²) in [6, 6.07) is 0.787. The lowest BCUT2D eigenvalue weighted by molar-refractivity contribution is 0.228. The van der Waals surface area contributed by atoms with Crippen LogP contribution in [0.5, 0.6) is 0 Å². The molecule has 142 valence electrons. The van der Waals surface area contributed by atoms with Gasteiger partial charge in [0.1, 0.15) is 0 Å². The van der Waals surface area contributed by atoms with Crippen molar-refractivity contribution < 1.29 is 0 Å². The van der Waals surface area contributed by atoms with Crippen molar-refractivity contribution in [3.8, 4) is 0 Å². The molecule has 0 spiro atoms. The monoisotopic (exact) mass is 330 g/mol. The van der Waals surface area contributed by atoms with Gasteiger partial charge in [-0.3, -0.25) is 0 Å². The van der Waals surface area contributed by atoms with E-state index in [2.05, 4.69) is 48.1 Å². The Kier molecular flexibility index (Phi) is 19.8. The maximum atomic E-state index is 3.27. The molecule has 0 aromatic carbocycles. The van der Waals surface area contributed by atoms with Gasteiger partial charge >= 0.3 is 0 Å². The van der Waals surface area contributed by atoms with Crippen molar-refractivity contribution in [3.05, 3.63) is 0 Å². The van der Waals surface area contributed by atoms with Crippen LogP contribution >= 0.6 is 0 Å². The normalized spacial score (nSPS) is 19.7. The molecular weight excluding hydrogens is 284 g/mol. The van der Waals surface area contributed by atoms with Gasteiger partial charge < -0.3 is 20.0 Å². The molecule has 0 aromatic heterocycles. The summed E-state index contributed by atoms with van der Waals surface area (Å²) in [4.78, 5) is 7.21. The van der Waals surface area contributed by atoms with Crippen molar-refractivity contribution in [3.63, 3.8) is 0 Å². The number of likely N-dealkylation sites (N-methyl/N-ethyl adjacent to an activating group) is 1. The van der Waals surface area contributed by atoms with Gasteiger partial charge in [-0.25, -0.2) is 0 Å². The fourth-order valence-electron chi connectivity index (χ4n) is 2.59. The van der Waals surface area contributed by atoms with Crippen LogP contribution in [0.1, 0.15) is 53.9 Å². The van der Waals surface area contributed by atoms with Gasteiger partial charge in [0.05, 0.1) is 0 Å². The first kappa shape index (κ1) is 25.1. The van der Waals surface area contributed by atoms with Crippen LogP contribution in [0, 0.1) is 0 Å². The lowest BCUT2D eigenvalue weighted by atomic mass is 10.2. The SMILES string of the molecule is CC.CC.CC(CCN(C)C)N1CCCC1.CN1CCNCC1. The molecule has 2 fully saturated rings. The second-order valence-electron chi connectivity index (χ2n) is 6.24. The third-order valence-electron chi connectivity index (χ3n) is 4.10. The molecule has 0 radical (unpaired) electrons. The van der Waals surface area contributed by atoms with Gasteiger partial charge in [0.15, 0.2) is 0 Å². The van der Waals surface area contributed by atoms with Gasteiger partial charge in [-0.1, -0.05) is 27.7 Å². The van der Waals surface area contributed by atoms with Gasteiger partial charge in [0, 0.05) is 32.2 Å². The van der Waals surface area contributed by atoms with Crippen LogP contribution in [0.25, 0.3) is 0 Å². The molecule has 23 heavy (non-hydrogen) atoms. The van der Waals surface area contributed by atoms with Gasteiger partial charge in [0.2, 0.25) is 0 Å². The van der Waals surface area contributed by atoms with E-state index in [-0.39, 0.29) is 0 Å². The number of likely N-dealkylation sites (tertiary alicyclic amines) is 1. The predicted molar refractivity (Wildman–Crippen MR) is 107 cm³/mol. The van der Waals surface area contributed by atoms with Crippen LogP contribution in [0.15, 0.2) is 0 Å². The number of piperazine rings is 1. The van der Waals surface area contributed by atoms with E-state index in [1.54, 1.807) is 0 Å². The van der Waals surface area contributed by atoms with Crippen molar-refractivity contribution in [1.82, 2.24) is 20.0 Å². The van der Waals surface area contributed by atoms with E-state index in [1.165, 1.54) is 52.0 Å². The zero-order chi connectivity index (χ0) is 18.1. The Morgan fingerprint density at radius 2 is 1.39 bits per heavy atom. The Labute approximate surface area is 147 Å². The Balaban J connectivity index is 0. The van der Waals surface area contributed by atoms with Gasteiger partial charge in [-0.05, 0) is 67.0 Å². The van der Waals surface area contributed by atoms with Gasteiger partial charge in [-0.2, -0.15) is 0 Å². The lowest BCUT2D eigenvalue weighted by Crippen LogP contribution is -2.40. The van der Waals surface area contributed by atoms with Crippen LogP contribution in [0.3, 0.4) is 0 Å². The summed E-state index contributed by atoms with van der Waals surface area (Å²) in [5.41, 5.74) is 0. The summed E-state index contributed by atoms with van der Waals surface area (Å²) < 4.78 is 0. The number of rotatable bonds is 4. The molecule has 4 heteroatoms. The average Bonchev–Trinajstić information content (AvgIpc) is 3.12. The highest BCUT2D eigenvalue weighted by molar-refractivity contribution is 4.73. The minimum Gasteiger partial charge on any atom is -0.314 e. The second kappa shape index (κ2) is 18.2. The number of hydrogen-bond acceptors (Lipinski definition) is 4. The fourth-order valence-corrected chi connectivity index (χ4v) is 2.59. The first-order valence-electron chi connectivity index (χ1n) is 9.87. The highest BCUT2D eigenvalue weighted by Crippen LogP contribution is 2.13. The topological polar surface area (TPSA) is 21.8 Å². The van der Waals surface area contributed by atoms with E-state index in [1.807, 2.05) is 27.7 Å². The molecular formula is C19H46N4. The van der Waals surface area contributed by atoms with E-state index in [4.69, 9.17) is 0 Å². The zero-order valence-electron chi connectivity index (χ0n) is 17.5. The van der Waals surface area contributed by atoms with Crippen molar-refractivity contribution in [2.45, 2.75) is 59.9 Å². The summed E-state index contributed by atoms with van der Waals surface area (Å²) in [5.74, 6) is 0. The van der Waals surface area contributed by atoms with E-state index in [9.17, 15) is 0 Å². The van der Waals surface area contributed by atoms with E-state index >= 15 is 0 Å². The Morgan fingerprint density at radius 3 is 1.74 bits per heavy atom. The third-order valence-corrected chi connectivity index (χ3v) is 4.10. The molecule has 4 nitrogen and oxygen atoms in total. The molecule has 1 N–H and O–H groups in total. The minimum absolute atomic E-state index is 0.787. The predicted octanol–water partition coefficient (Wildman–Crippen LogP) is 3.00. The number of nitrogens with zero attached hydrogens (tertiary/aromatic N) is 3. The maximum absolute atomic E-state index is 3.27. The summed E-state index contributed by atoms with van der Waals surface area (Å²) in [6.07, 6.45) is 4.13.